The normalized spacial score (nSPS) is 5.45. The minimum Gasteiger partial charge on any atom is -1.00 e. The predicted octanol–water partition coefficient (Wildman–Crippen LogP) is -2.75. The molecule has 0 saturated heterocycles. The molecule has 0 heterocycles. The third kappa shape index (κ3) is 85.6. The first-order valence-corrected chi connectivity index (χ1v) is 3.41. The van der Waals surface area contributed by atoms with Crippen LogP contribution in [0.5, 0.6) is 0 Å². The molecule has 0 nitrogen and oxygen atoms in total. The van der Waals surface area contributed by atoms with Crippen molar-refractivity contribution in [2.45, 2.75) is 39.5 Å². The van der Waals surface area contributed by atoms with E-state index in [4.69, 9.17) is 0 Å². The molecule has 0 amide bonds. The summed E-state index contributed by atoms with van der Waals surface area (Å²) >= 11 is 0. The van der Waals surface area contributed by atoms with Crippen LogP contribution in [0, 0.1) is 13.8 Å². The molecule has 0 aromatic rings. The Balaban J connectivity index is -0.0000000171. The van der Waals surface area contributed by atoms with Crippen molar-refractivity contribution in [1.29, 1.82) is 0 Å². The molecule has 3 heteroatoms. The molecule has 68 valence electrons. The van der Waals surface area contributed by atoms with Crippen LogP contribution in [0.25, 0.3) is 0 Å². The van der Waals surface area contributed by atoms with Crippen molar-refractivity contribution in [2.24, 2.45) is 0 Å². The maximum Gasteiger partial charge on any atom is 4.00 e. The molecule has 0 aromatic carbocycles. The Morgan fingerprint density at radius 1 is 0.818 bits per heavy atom. The second kappa shape index (κ2) is 42.0. The fraction of sp³-hybridized carbons (Fsp3) is 0.750. The zero-order valence-electron chi connectivity index (χ0n) is 7.50. The van der Waals surface area contributed by atoms with Crippen LogP contribution in [0.15, 0.2) is 0 Å². The van der Waals surface area contributed by atoms with Gasteiger partial charge in [-0.25, -0.2) is 0 Å². The van der Waals surface area contributed by atoms with Gasteiger partial charge in [-0.2, -0.15) is 12.8 Å². The van der Waals surface area contributed by atoms with Crippen LogP contribution in [0.4, 0.5) is 0 Å². The van der Waals surface area contributed by atoms with E-state index in [1.165, 1.54) is 12.8 Å². The van der Waals surface area contributed by atoms with E-state index in [2.05, 4.69) is 27.7 Å². The summed E-state index contributed by atoms with van der Waals surface area (Å²) in [5.74, 6) is 0. The van der Waals surface area contributed by atoms with Crippen LogP contribution in [-0.4, -0.2) is 0 Å². The van der Waals surface area contributed by atoms with Crippen LogP contribution in [-0.2, 0) is 26.2 Å². The topological polar surface area (TPSA) is 0 Å². The summed E-state index contributed by atoms with van der Waals surface area (Å²) in [6, 6.07) is 0. The van der Waals surface area contributed by atoms with Crippen molar-refractivity contribution < 1.29 is 51.0 Å². The van der Waals surface area contributed by atoms with E-state index in [-0.39, 0.29) is 51.0 Å². The van der Waals surface area contributed by atoms with Gasteiger partial charge in [0.1, 0.15) is 0 Å². The summed E-state index contributed by atoms with van der Waals surface area (Å²) in [7, 11) is 0. The van der Waals surface area contributed by atoms with E-state index < -0.39 is 0 Å². The van der Waals surface area contributed by atoms with Crippen molar-refractivity contribution in [2.75, 3.05) is 0 Å². The molecule has 0 aliphatic rings. The van der Waals surface area contributed by atoms with Crippen molar-refractivity contribution in [3.8, 4) is 0 Å². The first-order valence-electron chi connectivity index (χ1n) is 3.41. The summed E-state index contributed by atoms with van der Waals surface area (Å²) in [6.07, 6.45) is 4.56. The van der Waals surface area contributed by atoms with Gasteiger partial charge >= 0.3 is 26.2 Å². The Morgan fingerprint density at radius 3 is 0.909 bits per heavy atom. The van der Waals surface area contributed by atoms with Crippen LogP contribution in [0.1, 0.15) is 39.5 Å². The zero-order chi connectivity index (χ0) is 6.83. The molecular weight excluding hydrogens is 258 g/mol. The van der Waals surface area contributed by atoms with E-state index in [9.17, 15) is 0 Å². The molecule has 0 saturated carbocycles. The standard InChI is InChI=1S/2C4H9.2ClH.Zr/c2*1-3-4-2;;;/h2*1,3-4H2,2H3;2*1H;/q2*-1;;;+4/p-2. The number of halogens is 2. The monoisotopic (exact) mass is 274 g/mol. The molecule has 0 spiro atoms. The van der Waals surface area contributed by atoms with Gasteiger partial charge in [-0.3, -0.25) is 0 Å². The third-order valence-electron chi connectivity index (χ3n) is 0.707. The first-order chi connectivity index (χ1) is 3.83. The smallest absolute Gasteiger partial charge is 1.00 e. The van der Waals surface area contributed by atoms with Gasteiger partial charge in [0.2, 0.25) is 0 Å². The van der Waals surface area contributed by atoms with Crippen LogP contribution in [0.3, 0.4) is 0 Å². The largest absolute Gasteiger partial charge is 4.00 e. The molecule has 0 aliphatic carbocycles. The summed E-state index contributed by atoms with van der Waals surface area (Å²) in [6.45, 7) is 11.4. The van der Waals surface area contributed by atoms with E-state index in [1.807, 2.05) is 0 Å². The van der Waals surface area contributed by atoms with Gasteiger partial charge < -0.3 is 38.7 Å². The third-order valence-corrected chi connectivity index (χ3v) is 0.707. The minimum atomic E-state index is 0. The van der Waals surface area contributed by atoms with Crippen molar-refractivity contribution in [3.05, 3.63) is 13.8 Å². The van der Waals surface area contributed by atoms with Gasteiger partial charge in [0.25, 0.3) is 0 Å². The maximum atomic E-state index is 3.60. The van der Waals surface area contributed by atoms with Gasteiger partial charge in [0.05, 0.1) is 0 Å². The Labute approximate surface area is 104 Å². The fourth-order valence-electron chi connectivity index (χ4n) is 0. The Morgan fingerprint density at radius 2 is 0.909 bits per heavy atom. The van der Waals surface area contributed by atoms with Gasteiger partial charge in [-0.05, 0) is 0 Å². The van der Waals surface area contributed by atoms with Crippen LogP contribution in [0.2, 0.25) is 0 Å². The van der Waals surface area contributed by atoms with Gasteiger partial charge in [-0.15, -0.1) is 0 Å². The minimum absolute atomic E-state index is 0. The SMILES string of the molecule is [CH2-]CCC.[CH2-]CCC.[Cl-].[Cl-].[Zr+4]. The zero-order valence-corrected chi connectivity index (χ0v) is 11.5. The molecule has 11 heavy (non-hydrogen) atoms. The van der Waals surface area contributed by atoms with Crippen molar-refractivity contribution in [3.63, 3.8) is 0 Å². The molecule has 0 aliphatic heterocycles. The van der Waals surface area contributed by atoms with Gasteiger partial charge in [0.15, 0.2) is 0 Å². The fourth-order valence-corrected chi connectivity index (χ4v) is 0. The molecule has 0 aromatic heterocycles. The Kier molecular flexibility index (Phi) is 112. The summed E-state index contributed by atoms with van der Waals surface area (Å²) in [4.78, 5) is 0. The summed E-state index contributed by atoms with van der Waals surface area (Å²) in [5.41, 5.74) is 0. The average molecular weight is 276 g/mol. The van der Waals surface area contributed by atoms with Crippen LogP contribution < -0.4 is 24.8 Å². The van der Waals surface area contributed by atoms with E-state index >= 15 is 0 Å². The van der Waals surface area contributed by atoms with Gasteiger partial charge in [0, 0.05) is 0 Å². The molecule has 0 radical (unpaired) electrons. The van der Waals surface area contributed by atoms with Crippen molar-refractivity contribution >= 4 is 0 Å². The first kappa shape index (κ1) is 29.4. The molecular formula is C8H18Cl2Zr. The number of hydrogen-bond acceptors (Lipinski definition) is 0. The predicted molar refractivity (Wildman–Crippen MR) is 40.5 cm³/mol. The van der Waals surface area contributed by atoms with E-state index in [0.29, 0.717) is 0 Å². The molecule has 0 N–H and O–H groups in total. The second-order valence-electron chi connectivity index (χ2n) is 1.71. The molecule has 0 fully saturated rings. The average Bonchev–Trinajstić information content (AvgIpc) is 1.88. The second-order valence-corrected chi connectivity index (χ2v) is 1.71. The number of unbranched alkanes of at least 4 members (excludes halogenated alkanes) is 2. The number of rotatable bonds is 2. The summed E-state index contributed by atoms with van der Waals surface area (Å²) < 4.78 is 0. The molecule has 0 bridgehead atoms. The quantitative estimate of drug-likeness (QED) is 0.480. The Bertz CT molecular complexity index is 20.1. The Hall–Kier alpha value is 1.46. The molecule has 0 unspecified atom stereocenters. The number of hydrogen-bond donors (Lipinski definition) is 0. The molecule has 0 atom stereocenters. The van der Waals surface area contributed by atoms with Gasteiger partial charge in [-0.1, -0.05) is 26.7 Å². The van der Waals surface area contributed by atoms with Crippen LogP contribution >= 0.6 is 0 Å². The summed E-state index contributed by atoms with van der Waals surface area (Å²) in [5, 5.41) is 0. The molecule has 0 rings (SSSR count). The van der Waals surface area contributed by atoms with E-state index in [0.717, 1.165) is 12.8 Å². The van der Waals surface area contributed by atoms with E-state index in [1.54, 1.807) is 0 Å². The van der Waals surface area contributed by atoms with Crippen molar-refractivity contribution in [1.82, 2.24) is 0 Å². The maximum absolute atomic E-state index is 3.60.